The Balaban J connectivity index is 1.40. The molecule has 0 spiro atoms. The summed E-state index contributed by atoms with van der Waals surface area (Å²) in [5, 5.41) is 10.9. The molecule has 1 unspecified atom stereocenters. The van der Waals surface area contributed by atoms with E-state index in [1.54, 1.807) is 11.8 Å². The predicted octanol–water partition coefficient (Wildman–Crippen LogP) is 1.46. The van der Waals surface area contributed by atoms with Gasteiger partial charge in [0.15, 0.2) is 10.9 Å². The molecule has 4 heterocycles. The van der Waals surface area contributed by atoms with Crippen LogP contribution in [0, 0.1) is 0 Å². The van der Waals surface area contributed by atoms with E-state index >= 15 is 0 Å². The van der Waals surface area contributed by atoms with Gasteiger partial charge in [-0.2, -0.15) is 0 Å². The molecule has 2 fully saturated rings. The van der Waals surface area contributed by atoms with Gasteiger partial charge in [0, 0.05) is 30.6 Å². The number of hydrogen-bond donors (Lipinski definition) is 1. The average Bonchev–Trinajstić information content (AvgIpc) is 2.76. The number of β-lactam (4-membered cyclic amide) rings is 1. The maximum Gasteiger partial charge on any atom is 0.354 e. The van der Waals surface area contributed by atoms with E-state index < -0.39 is 5.97 Å². The number of carboxylic acid groups (broad SMARTS) is 1. The first-order valence-electron chi connectivity index (χ1n) is 7.18. The lowest BCUT2D eigenvalue weighted by molar-refractivity contribution is -0.145. The SMILES string of the molecule is O=C(O)C1=C(SC2CN(C3=NCCCS3)C2)SC2CC(=O)N12. The fourth-order valence-corrected chi connectivity index (χ4v) is 6.90. The van der Waals surface area contributed by atoms with Crippen LogP contribution in [0.4, 0.5) is 0 Å². The van der Waals surface area contributed by atoms with Gasteiger partial charge in [-0.3, -0.25) is 14.7 Å². The number of rotatable bonds is 3. The first-order chi connectivity index (χ1) is 10.6. The molecule has 0 aromatic heterocycles. The van der Waals surface area contributed by atoms with Gasteiger partial charge in [0.1, 0.15) is 0 Å². The Bertz CT molecular complexity index is 601. The monoisotopic (exact) mass is 357 g/mol. The highest BCUT2D eigenvalue weighted by atomic mass is 32.2. The number of aliphatic imine (C=N–C) groups is 1. The zero-order valence-corrected chi connectivity index (χ0v) is 14.2. The van der Waals surface area contributed by atoms with Gasteiger partial charge in [0.2, 0.25) is 5.91 Å². The van der Waals surface area contributed by atoms with E-state index in [0.717, 1.165) is 41.2 Å². The van der Waals surface area contributed by atoms with Crippen molar-refractivity contribution < 1.29 is 14.7 Å². The minimum Gasteiger partial charge on any atom is -0.477 e. The van der Waals surface area contributed by atoms with Gasteiger partial charge < -0.3 is 10.0 Å². The second-order valence-corrected chi connectivity index (χ2v) is 9.31. The van der Waals surface area contributed by atoms with Crippen LogP contribution in [0.5, 0.6) is 0 Å². The lowest BCUT2D eigenvalue weighted by Gasteiger charge is -2.41. The molecule has 118 valence electrons. The molecule has 6 nitrogen and oxygen atoms in total. The van der Waals surface area contributed by atoms with Gasteiger partial charge in [-0.25, -0.2) is 4.79 Å². The third-order valence-corrected chi connectivity index (χ3v) is 7.77. The molecule has 0 aromatic carbocycles. The van der Waals surface area contributed by atoms with E-state index in [1.165, 1.54) is 16.7 Å². The summed E-state index contributed by atoms with van der Waals surface area (Å²) in [7, 11) is 0. The fourth-order valence-electron chi connectivity index (χ4n) is 2.76. The summed E-state index contributed by atoms with van der Waals surface area (Å²) < 4.78 is 0.797. The number of nitrogens with zero attached hydrogens (tertiary/aromatic N) is 3. The van der Waals surface area contributed by atoms with Crippen LogP contribution in [0.15, 0.2) is 14.9 Å². The predicted molar refractivity (Wildman–Crippen MR) is 89.8 cm³/mol. The summed E-state index contributed by atoms with van der Waals surface area (Å²) in [4.78, 5) is 31.3. The van der Waals surface area contributed by atoms with Crippen molar-refractivity contribution in [2.24, 2.45) is 4.99 Å². The van der Waals surface area contributed by atoms with Crippen LogP contribution in [0.25, 0.3) is 0 Å². The van der Waals surface area contributed by atoms with Gasteiger partial charge in [-0.1, -0.05) is 23.5 Å². The van der Waals surface area contributed by atoms with Crippen LogP contribution in [0.1, 0.15) is 12.8 Å². The molecule has 0 radical (unpaired) electrons. The lowest BCUT2D eigenvalue weighted by Crippen LogP contribution is -2.51. The molecular formula is C13H15N3O3S3. The molecule has 2 saturated heterocycles. The molecule has 1 atom stereocenters. The minimum atomic E-state index is -0.992. The molecule has 4 aliphatic rings. The van der Waals surface area contributed by atoms with Gasteiger partial charge >= 0.3 is 5.97 Å². The van der Waals surface area contributed by atoms with E-state index in [2.05, 4.69) is 9.89 Å². The van der Waals surface area contributed by atoms with Gasteiger partial charge in [0.05, 0.1) is 16.0 Å². The fraction of sp³-hybridized carbons (Fsp3) is 0.615. The number of carbonyl (C=O) groups excluding carboxylic acids is 1. The Labute approximate surface area is 140 Å². The van der Waals surface area contributed by atoms with Gasteiger partial charge in [-0.05, 0) is 6.42 Å². The Morgan fingerprint density at radius 2 is 2.23 bits per heavy atom. The van der Waals surface area contributed by atoms with Crippen LogP contribution >= 0.6 is 35.3 Å². The molecule has 0 aromatic rings. The number of amidine groups is 1. The number of carbonyl (C=O) groups is 2. The topological polar surface area (TPSA) is 73.2 Å². The van der Waals surface area contributed by atoms with Gasteiger partial charge in [0.25, 0.3) is 0 Å². The zero-order valence-electron chi connectivity index (χ0n) is 11.7. The van der Waals surface area contributed by atoms with E-state index in [1.807, 2.05) is 11.8 Å². The Kier molecular flexibility index (Phi) is 3.82. The van der Waals surface area contributed by atoms with Crippen molar-refractivity contribution in [3.05, 3.63) is 9.93 Å². The van der Waals surface area contributed by atoms with Crippen molar-refractivity contribution in [3.8, 4) is 0 Å². The number of carboxylic acids is 1. The second kappa shape index (κ2) is 5.68. The van der Waals surface area contributed by atoms with Crippen LogP contribution in [-0.2, 0) is 9.59 Å². The van der Waals surface area contributed by atoms with E-state index in [4.69, 9.17) is 0 Å². The first kappa shape index (κ1) is 14.8. The van der Waals surface area contributed by atoms with E-state index in [-0.39, 0.29) is 17.0 Å². The third kappa shape index (κ3) is 2.43. The largest absolute Gasteiger partial charge is 0.477 e. The normalized spacial score (nSPS) is 28.3. The summed E-state index contributed by atoms with van der Waals surface area (Å²) in [6, 6.07) is 0. The molecular weight excluding hydrogens is 342 g/mol. The molecule has 0 saturated carbocycles. The molecule has 9 heteroatoms. The number of amides is 1. The molecule has 4 aliphatic heterocycles. The highest BCUT2D eigenvalue weighted by molar-refractivity contribution is 8.23. The summed E-state index contributed by atoms with van der Waals surface area (Å²) in [5.41, 5.74) is 0.194. The summed E-state index contributed by atoms with van der Waals surface area (Å²) in [5.74, 6) is 0.0680. The highest BCUT2D eigenvalue weighted by Crippen LogP contribution is 2.52. The van der Waals surface area contributed by atoms with Crippen LogP contribution < -0.4 is 0 Å². The van der Waals surface area contributed by atoms with Crippen molar-refractivity contribution in [2.75, 3.05) is 25.4 Å². The summed E-state index contributed by atoms with van der Waals surface area (Å²) in [6.45, 7) is 2.73. The summed E-state index contributed by atoms with van der Waals surface area (Å²) >= 11 is 4.95. The quantitative estimate of drug-likeness (QED) is 0.767. The Hall–Kier alpha value is -0.800. The average molecular weight is 357 g/mol. The highest BCUT2D eigenvalue weighted by Gasteiger charge is 2.49. The van der Waals surface area contributed by atoms with Crippen molar-refractivity contribution in [3.63, 3.8) is 0 Å². The second-order valence-electron chi connectivity index (χ2n) is 5.49. The van der Waals surface area contributed by atoms with E-state index in [9.17, 15) is 14.7 Å². The number of fused-ring (bicyclic) bond motifs is 1. The smallest absolute Gasteiger partial charge is 0.354 e. The van der Waals surface area contributed by atoms with Gasteiger partial charge in [-0.15, -0.1) is 11.8 Å². The number of likely N-dealkylation sites (tertiary alicyclic amines) is 1. The van der Waals surface area contributed by atoms with E-state index in [0.29, 0.717) is 11.7 Å². The molecule has 1 N–H and O–H groups in total. The molecule has 0 bridgehead atoms. The Morgan fingerprint density at radius 3 is 2.86 bits per heavy atom. The van der Waals surface area contributed by atoms with Crippen molar-refractivity contribution in [1.82, 2.24) is 9.80 Å². The first-order valence-corrected chi connectivity index (χ1v) is 9.93. The van der Waals surface area contributed by atoms with Crippen molar-refractivity contribution in [2.45, 2.75) is 23.5 Å². The third-order valence-electron chi connectivity index (χ3n) is 3.96. The lowest BCUT2D eigenvalue weighted by atomic mass is 10.2. The zero-order chi connectivity index (χ0) is 15.3. The summed E-state index contributed by atoms with van der Waals surface area (Å²) in [6.07, 6.45) is 1.60. The number of aliphatic carboxylic acids is 1. The number of thioether (sulfide) groups is 3. The number of hydrogen-bond acceptors (Lipinski definition) is 7. The van der Waals surface area contributed by atoms with Crippen LogP contribution in [-0.4, -0.2) is 68.0 Å². The van der Waals surface area contributed by atoms with Crippen LogP contribution in [0.2, 0.25) is 0 Å². The van der Waals surface area contributed by atoms with Crippen molar-refractivity contribution in [1.29, 1.82) is 0 Å². The van der Waals surface area contributed by atoms with Crippen LogP contribution in [0.3, 0.4) is 0 Å². The molecule has 4 rings (SSSR count). The maximum absolute atomic E-state index is 11.6. The minimum absolute atomic E-state index is 0.00977. The molecule has 1 amide bonds. The standard InChI is InChI=1S/C13H15N3O3S3/c17-8-4-9-16(8)10(11(18)19)12(22-9)21-7-5-15(6-7)13-14-2-1-3-20-13/h7,9H,1-6H2,(H,18,19). The Morgan fingerprint density at radius 1 is 1.41 bits per heavy atom. The molecule has 0 aliphatic carbocycles. The maximum atomic E-state index is 11.6. The molecule has 22 heavy (non-hydrogen) atoms. The van der Waals surface area contributed by atoms with Crippen molar-refractivity contribution >= 4 is 52.3 Å².